The number of anilines is 1. The van der Waals surface area contributed by atoms with Gasteiger partial charge in [-0.25, -0.2) is 4.79 Å². The summed E-state index contributed by atoms with van der Waals surface area (Å²) in [5, 5.41) is 13.6. The number of halogens is 2. The van der Waals surface area contributed by atoms with Crippen LogP contribution in [0.1, 0.15) is 32.1 Å². The van der Waals surface area contributed by atoms with Crippen molar-refractivity contribution in [2.75, 3.05) is 51.1 Å². The van der Waals surface area contributed by atoms with Gasteiger partial charge in [0.1, 0.15) is 0 Å². The molecule has 166 valence electrons. The quantitative estimate of drug-likeness (QED) is 0.726. The molecule has 0 unspecified atom stereocenters. The number of hydrogen-bond donors (Lipinski definition) is 2. The molecule has 0 radical (unpaired) electrons. The lowest BCUT2D eigenvalue weighted by Gasteiger charge is -2.36. The number of nitrogens with zero attached hydrogens (tertiary/aromatic N) is 3. The number of amides is 2. The molecule has 6 nitrogen and oxygen atoms in total. The van der Waals surface area contributed by atoms with Gasteiger partial charge < -0.3 is 20.2 Å². The van der Waals surface area contributed by atoms with Gasteiger partial charge in [0, 0.05) is 51.0 Å². The van der Waals surface area contributed by atoms with E-state index in [-0.39, 0.29) is 12.1 Å². The summed E-state index contributed by atoms with van der Waals surface area (Å²) in [6.45, 7) is 6.81. The van der Waals surface area contributed by atoms with E-state index in [1.807, 2.05) is 4.90 Å². The molecule has 2 N–H and O–H groups in total. The zero-order chi connectivity index (χ0) is 21.1. The Bertz CT molecular complexity index is 734. The van der Waals surface area contributed by atoms with Crippen LogP contribution >= 0.6 is 23.2 Å². The molecule has 1 aliphatic carbocycles. The fourth-order valence-corrected chi connectivity index (χ4v) is 5.34. The van der Waals surface area contributed by atoms with Crippen molar-refractivity contribution in [1.82, 2.24) is 14.7 Å². The van der Waals surface area contributed by atoms with E-state index in [9.17, 15) is 9.90 Å². The Kier molecular flexibility index (Phi) is 7.42. The first-order valence-corrected chi connectivity index (χ1v) is 11.9. The van der Waals surface area contributed by atoms with Gasteiger partial charge in [-0.1, -0.05) is 23.2 Å². The second-order valence-electron chi connectivity index (χ2n) is 8.96. The first kappa shape index (κ1) is 22.2. The average Bonchev–Trinajstić information content (AvgIpc) is 3.20. The number of nitrogens with one attached hydrogen (secondary N) is 1. The van der Waals surface area contributed by atoms with Gasteiger partial charge >= 0.3 is 6.03 Å². The second-order valence-corrected chi connectivity index (χ2v) is 9.77. The van der Waals surface area contributed by atoms with Gasteiger partial charge in [0.25, 0.3) is 0 Å². The number of rotatable bonds is 4. The van der Waals surface area contributed by atoms with Crippen molar-refractivity contribution in [3.05, 3.63) is 28.2 Å². The van der Waals surface area contributed by atoms with Gasteiger partial charge in [-0.2, -0.15) is 0 Å². The molecule has 2 saturated heterocycles. The Morgan fingerprint density at radius 1 is 1.00 bits per heavy atom. The summed E-state index contributed by atoms with van der Waals surface area (Å²) < 4.78 is 0. The Hall–Kier alpha value is -1.05. The highest BCUT2D eigenvalue weighted by atomic mass is 35.5. The van der Waals surface area contributed by atoms with Crippen molar-refractivity contribution in [3.63, 3.8) is 0 Å². The highest BCUT2D eigenvalue weighted by Gasteiger charge is 2.32. The third kappa shape index (κ3) is 5.60. The van der Waals surface area contributed by atoms with Crippen LogP contribution in [-0.4, -0.2) is 83.8 Å². The second kappa shape index (κ2) is 10.0. The normalized spacial score (nSPS) is 28.6. The number of aliphatic hydroxyl groups excluding tert-OH is 1. The highest BCUT2D eigenvalue weighted by molar-refractivity contribution is 6.42. The monoisotopic (exact) mass is 454 g/mol. The van der Waals surface area contributed by atoms with Crippen LogP contribution in [0.2, 0.25) is 10.0 Å². The first-order chi connectivity index (χ1) is 14.5. The molecule has 2 aliphatic heterocycles. The van der Waals surface area contributed by atoms with E-state index in [1.165, 1.54) is 19.5 Å². The topological polar surface area (TPSA) is 59.1 Å². The minimum atomic E-state index is -0.0837. The van der Waals surface area contributed by atoms with E-state index in [0.29, 0.717) is 27.7 Å². The minimum absolute atomic E-state index is 0.0789. The Morgan fingerprint density at radius 2 is 1.73 bits per heavy atom. The van der Waals surface area contributed by atoms with Crippen LogP contribution in [0.4, 0.5) is 10.5 Å². The Morgan fingerprint density at radius 3 is 2.43 bits per heavy atom. The molecule has 8 heteroatoms. The van der Waals surface area contributed by atoms with Gasteiger partial charge in [0.2, 0.25) is 0 Å². The lowest BCUT2D eigenvalue weighted by Crippen LogP contribution is -2.51. The average molecular weight is 455 g/mol. The van der Waals surface area contributed by atoms with Crippen molar-refractivity contribution in [2.24, 2.45) is 5.92 Å². The van der Waals surface area contributed by atoms with Gasteiger partial charge in [0.15, 0.2) is 0 Å². The molecule has 0 bridgehead atoms. The molecule has 0 spiro atoms. The van der Waals surface area contributed by atoms with Crippen LogP contribution < -0.4 is 5.32 Å². The number of carbonyl (C=O) groups is 1. The number of piperazine rings is 1. The molecule has 0 aromatic heterocycles. The number of carbonyl (C=O) groups excluding carboxylic acids is 1. The predicted octanol–water partition coefficient (Wildman–Crippen LogP) is 3.77. The molecule has 3 aliphatic rings. The lowest BCUT2D eigenvalue weighted by molar-refractivity contribution is 0.0802. The van der Waals surface area contributed by atoms with Crippen LogP contribution in [0.15, 0.2) is 18.2 Å². The molecular formula is C22H32Cl2N4O2. The van der Waals surface area contributed by atoms with Gasteiger partial charge in [-0.05, 0) is 62.8 Å². The van der Waals surface area contributed by atoms with Gasteiger partial charge in [-0.3, -0.25) is 4.90 Å². The maximum absolute atomic E-state index is 12.6. The number of aliphatic hydroxyl groups is 1. The van der Waals surface area contributed by atoms with Crippen molar-refractivity contribution in [2.45, 2.75) is 44.2 Å². The zero-order valence-corrected chi connectivity index (χ0v) is 18.9. The molecule has 1 atom stereocenters. The Balaban J connectivity index is 1.18. The van der Waals surface area contributed by atoms with Crippen LogP contribution in [0.3, 0.4) is 0 Å². The molecule has 4 rings (SSSR count). The molecule has 2 amide bonds. The van der Waals surface area contributed by atoms with E-state index in [1.54, 1.807) is 18.2 Å². The molecule has 30 heavy (non-hydrogen) atoms. The van der Waals surface area contributed by atoms with E-state index >= 15 is 0 Å². The van der Waals surface area contributed by atoms with Crippen LogP contribution in [0.5, 0.6) is 0 Å². The van der Waals surface area contributed by atoms with Crippen molar-refractivity contribution >= 4 is 34.9 Å². The smallest absolute Gasteiger partial charge is 0.321 e. The molecule has 2 heterocycles. The molecular weight excluding hydrogens is 423 g/mol. The fourth-order valence-electron chi connectivity index (χ4n) is 5.04. The van der Waals surface area contributed by atoms with Crippen LogP contribution in [-0.2, 0) is 0 Å². The third-order valence-corrected chi connectivity index (χ3v) is 7.59. The molecule has 1 aromatic rings. The van der Waals surface area contributed by atoms with E-state index in [2.05, 4.69) is 15.1 Å². The standard InChI is InChI=1S/C22H32Cl2N4O2/c23-20-6-1-17(13-21(20)24)25-22(30)27-11-9-26(10-12-27)14-16-7-8-28(15-16)18-2-4-19(29)5-3-18/h1,6,13,16,18-19,29H,2-5,7-12,14-15H2,(H,25,30)/t16-,18-,19-/m1/s1. The molecule has 1 aromatic carbocycles. The van der Waals surface area contributed by atoms with E-state index < -0.39 is 0 Å². The largest absolute Gasteiger partial charge is 0.393 e. The maximum Gasteiger partial charge on any atom is 0.321 e. The maximum atomic E-state index is 12.6. The van der Waals surface area contributed by atoms with Gasteiger partial charge in [0.05, 0.1) is 16.1 Å². The zero-order valence-electron chi connectivity index (χ0n) is 17.4. The van der Waals surface area contributed by atoms with Crippen LogP contribution in [0, 0.1) is 5.92 Å². The number of hydrogen-bond acceptors (Lipinski definition) is 4. The minimum Gasteiger partial charge on any atom is -0.393 e. The number of likely N-dealkylation sites (tertiary alicyclic amines) is 1. The summed E-state index contributed by atoms with van der Waals surface area (Å²) >= 11 is 12.0. The summed E-state index contributed by atoms with van der Waals surface area (Å²) in [4.78, 5) is 19.6. The van der Waals surface area contributed by atoms with E-state index in [0.717, 1.165) is 58.4 Å². The summed E-state index contributed by atoms with van der Waals surface area (Å²) in [5.41, 5.74) is 0.665. The summed E-state index contributed by atoms with van der Waals surface area (Å²) in [5.74, 6) is 0.716. The van der Waals surface area contributed by atoms with Crippen molar-refractivity contribution < 1.29 is 9.90 Å². The highest BCUT2D eigenvalue weighted by Crippen LogP contribution is 2.29. The Labute approximate surface area is 189 Å². The summed E-state index contributed by atoms with van der Waals surface area (Å²) in [7, 11) is 0. The van der Waals surface area contributed by atoms with Crippen molar-refractivity contribution in [1.29, 1.82) is 0 Å². The number of benzene rings is 1. The molecule has 3 fully saturated rings. The van der Waals surface area contributed by atoms with Crippen LogP contribution in [0.25, 0.3) is 0 Å². The van der Waals surface area contributed by atoms with Crippen molar-refractivity contribution in [3.8, 4) is 0 Å². The first-order valence-electron chi connectivity index (χ1n) is 11.1. The SMILES string of the molecule is O=C(Nc1ccc(Cl)c(Cl)c1)N1CCN(C[C@H]2CCN([C@H]3CC[C@H](O)CC3)C2)CC1. The number of urea groups is 1. The fraction of sp³-hybridized carbons (Fsp3) is 0.682. The van der Waals surface area contributed by atoms with Gasteiger partial charge in [-0.15, -0.1) is 0 Å². The predicted molar refractivity (Wildman–Crippen MR) is 121 cm³/mol. The third-order valence-electron chi connectivity index (χ3n) is 6.85. The lowest BCUT2D eigenvalue weighted by atomic mass is 9.92. The van der Waals surface area contributed by atoms with E-state index in [4.69, 9.17) is 23.2 Å². The summed E-state index contributed by atoms with van der Waals surface area (Å²) in [6, 6.07) is 5.72. The summed E-state index contributed by atoms with van der Waals surface area (Å²) in [6.07, 6.45) is 5.37. The molecule has 1 saturated carbocycles.